The van der Waals surface area contributed by atoms with E-state index >= 15 is 0 Å². The summed E-state index contributed by atoms with van der Waals surface area (Å²) in [5, 5.41) is 7.57. The van der Waals surface area contributed by atoms with Crippen molar-refractivity contribution in [2.24, 2.45) is 0 Å². The maximum absolute atomic E-state index is 12.0. The van der Waals surface area contributed by atoms with Gasteiger partial charge in [0.25, 0.3) is 5.91 Å². The summed E-state index contributed by atoms with van der Waals surface area (Å²) in [5.74, 6) is -0.536. The standard InChI is InChI=1S/C13H13ClN4O2S/c1-2-11(19)16-7-3-4-8(14)9(5-7)17-12(20)10-6-21-13(15)18-10/h3-6H,2H2,1H3,(H2,15,18)(H,16,19)(H,17,20). The number of halogens is 1. The molecular formula is C13H13ClN4O2S. The number of anilines is 3. The summed E-state index contributed by atoms with van der Waals surface area (Å²) in [4.78, 5) is 27.3. The maximum Gasteiger partial charge on any atom is 0.275 e. The summed E-state index contributed by atoms with van der Waals surface area (Å²) in [6.07, 6.45) is 0.364. The summed E-state index contributed by atoms with van der Waals surface area (Å²) in [6.45, 7) is 1.75. The van der Waals surface area contributed by atoms with Gasteiger partial charge in [0.2, 0.25) is 5.91 Å². The minimum atomic E-state index is -0.413. The molecule has 1 aromatic heterocycles. The molecule has 6 nitrogen and oxygen atoms in total. The van der Waals surface area contributed by atoms with Gasteiger partial charge in [-0.3, -0.25) is 9.59 Å². The maximum atomic E-state index is 12.0. The SMILES string of the molecule is CCC(=O)Nc1ccc(Cl)c(NC(=O)c2csc(N)n2)c1. The van der Waals surface area contributed by atoms with Crippen LogP contribution in [0.5, 0.6) is 0 Å². The van der Waals surface area contributed by atoms with E-state index in [-0.39, 0.29) is 11.6 Å². The zero-order chi connectivity index (χ0) is 15.4. The Bertz CT molecular complexity index is 687. The van der Waals surface area contributed by atoms with Crippen LogP contribution in [0.4, 0.5) is 16.5 Å². The van der Waals surface area contributed by atoms with Gasteiger partial charge in [0, 0.05) is 17.5 Å². The highest BCUT2D eigenvalue weighted by Gasteiger charge is 2.12. The number of thiazole rings is 1. The number of aromatic nitrogens is 1. The number of hydrogen-bond donors (Lipinski definition) is 3. The van der Waals surface area contributed by atoms with Gasteiger partial charge in [-0.05, 0) is 18.2 Å². The van der Waals surface area contributed by atoms with Crippen LogP contribution in [0.15, 0.2) is 23.6 Å². The summed E-state index contributed by atoms with van der Waals surface area (Å²) < 4.78 is 0. The van der Waals surface area contributed by atoms with E-state index in [0.717, 1.165) is 0 Å². The van der Waals surface area contributed by atoms with E-state index < -0.39 is 5.91 Å². The van der Waals surface area contributed by atoms with Gasteiger partial charge in [-0.15, -0.1) is 11.3 Å². The molecule has 1 heterocycles. The lowest BCUT2D eigenvalue weighted by Crippen LogP contribution is -2.14. The molecule has 2 rings (SSSR count). The summed E-state index contributed by atoms with van der Waals surface area (Å²) >= 11 is 7.21. The topological polar surface area (TPSA) is 97.1 Å². The number of carbonyl (C=O) groups excluding carboxylic acids is 2. The smallest absolute Gasteiger partial charge is 0.275 e. The third kappa shape index (κ3) is 3.93. The van der Waals surface area contributed by atoms with Crippen molar-refractivity contribution in [2.45, 2.75) is 13.3 Å². The van der Waals surface area contributed by atoms with Gasteiger partial charge in [0.05, 0.1) is 10.7 Å². The van der Waals surface area contributed by atoms with E-state index in [2.05, 4.69) is 15.6 Å². The van der Waals surface area contributed by atoms with E-state index in [1.165, 1.54) is 11.3 Å². The minimum absolute atomic E-state index is 0.123. The second-order valence-electron chi connectivity index (χ2n) is 4.12. The average Bonchev–Trinajstić information content (AvgIpc) is 2.89. The fourth-order valence-corrected chi connectivity index (χ4v) is 2.23. The molecule has 110 valence electrons. The minimum Gasteiger partial charge on any atom is -0.375 e. The van der Waals surface area contributed by atoms with Crippen LogP contribution in [0.25, 0.3) is 0 Å². The molecular weight excluding hydrogens is 312 g/mol. The highest BCUT2D eigenvalue weighted by molar-refractivity contribution is 7.13. The Morgan fingerprint density at radius 3 is 2.76 bits per heavy atom. The molecule has 8 heteroatoms. The fraction of sp³-hybridized carbons (Fsp3) is 0.154. The molecule has 0 unspecified atom stereocenters. The van der Waals surface area contributed by atoms with Gasteiger partial charge >= 0.3 is 0 Å². The van der Waals surface area contributed by atoms with Crippen LogP contribution in [0.2, 0.25) is 5.02 Å². The Morgan fingerprint density at radius 2 is 2.14 bits per heavy atom. The highest BCUT2D eigenvalue weighted by Crippen LogP contribution is 2.26. The van der Waals surface area contributed by atoms with E-state index in [0.29, 0.717) is 27.9 Å². The fourth-order valence-electron chi connectivity index (χ4n) is 1.53. The largest absolute Gasteiger partial charge is 0.375 e. The molecule has 4 N–H and O–H groups in total. The number of nitrogens with two attached hydrogens (primary N) is 1. The Kier molecular flexibility index (Phi) is 4.77. The van der Waals surface area contributed by atoms with E-state index in [1.807, 2.05) is 0 Å². The lowest BCUT2D eigenvalue weighted by Gasteiger charge is -2.09. The predicted molar refractivity (Wildman–Crippen MR) is 84.9 cm³/mol. The van der Waals surface area contributed by atoms with Crippen LogP contribution in [0.1, 0.15) is 23.8 Å². The zero-order valence-corrected chi connectivity index (χ0v) is 12.7. The van der Waals surface area contributed by atoms with Crippen LogP contribution >= 0.6 is 22.9 Å². The zero-order valence-electron chi connectivity index (χ0n) is 11.1. The first-order valence-electron chi connectivity index (χ1n) is 6.11. The molecule has 0 aliphatic heterocycles. The van der Waals surface area contributed by atoms with Crippen LogP contribution in [-0.4, -0.2) is 16.8 Å². The molecule has 0 saturated carbocycles. The first-order chi connectivity index (χ1) is 9.99. The van der Waals surface area contributed by atoms with Crippen molar-refractivity contribution in [1.29, 1.82) is 0 Å². The van der Waals surface area contributed by atoms with Crippen LogP contribution in [0, 0.1) is 0 Å². The molecule has 0 radical (unpaired) electrons. The van der Waals surface area contributed by atoms with E-state index in [1.54, 1.807) is 30.5 Å². The molecule has 2 amide bonds. The molecule has 0 atom stereocenters. The molecule has 21 heavy (non-hydrogen) atoms. The van der Waals surface area contributed by atoms with Gasteiger partial charge in [-0.1, -0.05) is 18.5 Å². The number of carbonyl (C=O) groups is 2. The monoisotopic (exact) mass is 324 g/mol. The van der Waals surface area contributed by atoms with Crippen molar-refractivity contribution in [3.63, 3.8) is 0 Å². The molecule has 0 aliphatic rings. The molecule has 0 saturated heterocycles. The molecule has 1 aromatic carbocycles. The number of nitrogen functional groups attached to an aromatic ring is 1. The lowest BCUT2D eigenvalue weighted by molar-refractivity contribution is -0.115. The third-order valence-electron chi connectivity index (χ3n) is 2.57. The number of nitrogens with zero attached hydrogens (tertiary/aromatic N) is 1. The number of rotatable bonds is 4. The quantitative estimate of drug-likeness (QED) is 0.805. The van der Waals surface area contributed by atoms with Crippen molar-refractivity contribution in [3.8, 4) is 0 Å². The predicted octanol–water partition coefficient (Wildman–Crippen LogP) is 2.98. The van der Waals surface area contributed by atoms with Crippen LogP contribution in [0.3, 0.4) is 0 Å². The molecule has 2 aromatic rings. The molecule has 0 bridgehead atoms. The van der Waals surface area contributed by atoms with Gasteiger partial charge in [-0.2, -0.15) is 0 Å². The molecule has 0 spiro atoms. The normalized spacial score (nSPS) is 10.2. The van der Waals surface area contributed by atoms with E-state index in [9.17, 15) is 9.59 Å². The number of amides is 2. The first-order valence-corrected chi connectivity index (χ1v) is 7.37. The Labute approximate surface area is 130 Å². The number of nitrogens with one attached hydrogen (secondary N) is 2. The van der Waals surface area contributed by atoms with Gasteiger partial charge in [0.15, 0.2) is 5.13 Å². The van der Waals surface area contributed by atoms with E-state index in [4.69, 9.17) is 17.3 Å². The summed E-state index contributed by atoms with van der Waals surface area (Å²) in [6, 6.07) is 4.84. The van der Waals surface area contributed by atoms with Crippen molar-refractivity contribution in [2.75, 3.05) is 16.4 Å². The van der Waals surface area contributed by atoms with Crippen molar-refractivity contribution in [1.82, 2.24) is 4.98 Å². The summed E-state index contributed by atoms with van der Waals surface area (Å²) in [7, 11) is 0. The Morgan fingerprint density at radius 1 is 1.38 bits per heavy atom. The first kappa shape index (κ1) is 15.3. The second-order valence-corrected chi connectivity index (χ2v) is 5.42. The number of hydrogen-bond acceptors (Lipinski definition) is 5. The molecule has 0 aliphatic carbocycles. The van der Waals surface area contributed by atoms with Crippen LogP contribution in [-0.2, 0) is 4.79 Å². The number of benzene rings is 1. The average molecular weight is 325 g/mol. The van der Waals surface area contributed by atoms with Gasteiger partial charge < -0.3 is 16.4 Å². The van der Waals surface area contributed by atoms with Crippen LogP contribution < -0.4 is 16.4 Å². The van der Waals surface area contributed by atoms with Crippen molar-refractivity contribution < 1.29 is 9.59 Å². The molecule has 0 fully saturated rings. The summed E-state index contributed by atoms with van der Waals surface area (Å²) in [5.41, 5.74) is 6.65. The second kappa shape index (κ2) is 6.55. The third-order valence-corrected chi connectivity index (χ3v) is 3.58. The highest BCUT2D eigenvalue weighted by atomic mass is 35.5. The van der Waals surface area contributed by atoms with Gasteiger partial charge in [-0.25, -0.2) is 4.98 Å². The van der Waals surface area contributed by atoms with Crippen molar-refractivity contribution in [3.05, 3.63) is 34.3 Å². The Balaban J connectivity index is 2.17. The lowest BCUT2D eigenvalue weighted by atomic mass is 10.2. The van der Waals surface area contributed by atoms with Crippen molar-refractivity contribution >= 4 is 51.3 Å². The van der Waals surface area contributed by atoms with Gasteiger partial charge in [0.1, 0.15) is 5.69 Å². The Hall–Kier alpha value is -2.12.